The van der Waals surface area contributed by atoms with Crippen LogP contribution in [-0.2, 0) is 16.8 Å². The Hall–Kier alpha value is 0.01000. The molecule has 0 amide bonds. The molecule has 3 N–H and O–H groups in total. The van der Waals surface area contributed by atoms with Crippen molar-refractivity contribution in [3.05, 3.63) is 20.8 Å². The van der Waals surface area contributed by atoms with E-state index in [9.17, 15) is 8.42 Å². The minimum Gasteiger partial charge on any atom is -0.329 e. The lowest BCUT2D eigenvalue weighted by molar-refractivity contribution is 0.254. The molecule has 2 heterocycles. The average Bonchev–Trinajstić information content (AvgIpc) is 2.82. The highest BCUT2D eigenvalue weighted by Gasteiger charge is 2.31. The number of nitrogens with zero attached hydrogens (tertiary/aromatic N) is 1. The van der Waals surface area contributed by atoms with E-state index < -0.39 is 10.2 Å². The van der Waals surface area contributed by atoms with Gasteiger partial charge in [-0.05, 0) is 34.8 Å². The molecular weight excluding hydrogens is 350 g/mol. The van der Waals surface area contributed by atoms with Crippen LogP contribution in [0.4, 0.5) is 0 Å². The Balaban J connectivity index is 2.00. The third-order valence-electron chi connectivity index (χ3n) is 3.20. The van der Waals surface area contributed by atoms with Crippen molar-refractivity contribution in [2.75, 3.05) is 13.1 Å². The average molecular weight is 368 g/mol. The van der Waals surface area contributed by atoms with E-state index in [0.717, 1.165) is 28.6 Å². The molecule has 1 atom stereocenters. The van der Waals surface area contributed by atoms with Crippen LogP contribution in [0.25, 0.3) is 0 Å². The van der Waals surface area contributed by atoms with E-state index in [1.54, 1.807) is 0 Å². The maximum Gasteiger partial charge on any atom is 0.280 e. The molecule has 19 heavy (non-hydrogen) atoms. The van der Waals surface area contributed by atoms with Gasteiger partial charge >= 0.3 is 0 Å². The molecule has 0 bridgehead atoms. The predicted octanol–water partition coefficient (Wildman–Crippen LogP) is 1.66. The number of nitrogens with one attached hydrogen (secondary N) is 1. The highest BCUT2D eigenvalue weighted by molar-refractivity contribution is 9.10. The van der Waals surface area contributed by atoms with Crippen molar-refractivity contribution < 1.29 is 8.42 Å². The molecule has 0 aliphatic carbocycles. The quantitative estimate of drug-likeness (QED) is 0.830. The zero-order valence-corrected chi connectivity index (χ0v) is 13.7. The molecule has 108 valence electrons. The van der Waals surface area contributed by atoms with E-state index in [1.807, 2.05) is 11.4 Å². The molecule has 1 aromatic heterocycles. The van der Waals surface area contributed by atoms with Gasteiger partial charge in [-0.3, -0.25) is 0 Å². The van der Waals surface area contributed by atoms with E-state index in [-0.39, 0.29) is 6.04 Å². The maximum atomic E-state index is 12.3. The molecular formula is C11H18BrN3O2S2. The largest absolute Gasteiger partial charge is 0.329 e. The first kappa shape index (κ1) is 15.4. The Morgan fingerprint density at radius 3 is 2.95 bits per heavy atom. The van der Waals surface area contributed by atoms with Crippen molar-refractivity contribution in [3.63, 3.8) is 0 Å². The number of nitrogens with two attached hydrogens (primary N) is 1. The Labute approximate surface area is 126 Å². The fourth-order valence-electron chi connectivity index (χ4n) is 2.22. The lowest BCUT2D eigenvalue weighted by atomic mass is 10.1. The molecule has 1 unspecified atom stereocenters. The summed E-state index contributed by atoms with van der Waals surface area (Å²) in [6, 6.07) is 1.85. The lowest BCUT2D eigenvalue weighted by Crippen LogP contribution is -2.51. The molecule has 0 spiro atoms. The Morgan fingerprint density at radius 2 is 2.32 bits per heavy atom. The highest BCUT2D eigenvalue weighted by Crippen LogP contribution is 2.21. The zero-order valence-electron chi connectivity index (χ0n) is 10.5. The second-order valence-electron chi connectivity index (χ2n) is 4.55. The molecule has 8 heteroatoms. The van der Waals surface area contributed by atoms with Crippen molar-refractivity contribution in [3.8, 4) is 0 Å². The van der Waals surface area contributed by atoms with Crippen LogP contribution in [0.5, 0.6) is 0 Å². The summed E-state index contributed by atoms with van der Waals surface area (Å²) in [5.74, 6) is 0. The van der Waals surface area contributed by atoms with Gasteiger partial charge in [0.15, 0.2) is 0 Å². The Kier molecular flexibility index (Phi) is 5.38. The monoisotopic (exact) mass is 367 g/mol. The molecule has 0 radical (unpaired) electrons. The third kappa shape index (κ3) is 3.99. The number of hydrogen-bond acceptors (Lipinski definition) is 4. The minimum atomic E-state index is -3.44. The molecule has 5 nitrogen and oxygen atoms in total. The Bertz CT molecular complexity index is 518. The topological polar surface area (TPSA) is 75.4 Å². The van der Waals surface area contributed by atoms with Gasteiger partial charge in [-0.2, -0.15) is 17.4 Å². The highest BCUT2D eigenvalue weighted by atomic mass is 79.9. The van der Waals surface area contributed by atoms with Gasteiger partial charge in [0, 0.05) is 40.4 Å². The van der Waals surface area contributed by atoms with Gasteiger partial charge in [-0.1, -0.05) is 6.42 Å². The SMILES string of the molecule is NCC1CCCCN1S(=O)(=O)NCc1cc(Br)cs1. The summed E-state index contributed by atoms with van der Waals surface area (Å²) >= 11 is 4.88. The van der Waals surface area contributed by atoms with Crippen molar-refractivity contribution in [1.29, 1.82) is 0 Å². The summed E-state index contributed by atoms with van der Waals surface area (Å²) in [5, 5.41) is 1.94. The van der Waals surface area contributed by atoms with Gasteiger partial charge < -0.3 is 5.73 Å². The van der Waals surface area contributed by atoms with Crippen LogP contribution < -0.4 is 10.5 Å². The van der Waals surface area contributed by atoms with Gasteiger partial charge in [0.1, 0.15) is 0 Å². The van der Waals surface area contributed by atoms with Crippen molar-refractivity contribution in [2.45, 2.75) is 31.8 Å². The number of thiophene rings is 1. The van der Waals surface area contributed by atoms with E-state index in [2.05, 4.69) is 20.7 Å². The minimum absolute atomic E-state index is 0.0682. The zero-order chi connectivity index (χ0) is 13.9. The fourth-order valence-corrected chi connectivity index (χ4v) is 5.16. The number of hydrogen-bond donors (Lipinski definition) is 2. The van der Waals surface area contributed by atoms with E-state index >= 15 is 0 Å². The van der Waals surface area contributed by atoms with Crippen LogP contribution in [0.1, 0.15) is 24.1 Å². The molecule has 1 aliphatic heterocycles. The van der Waals surface area contributed by atoms with Crippen LogP contribution in [0, 0.1) is 0 Å². The van der Waals surface area contributed by atoms with Crippen molar-refractivity contribution in [2.24, 2.45) is 5.73 Å². The second kappa shape index (κ2) is 6.64. The van der Waals surface area contributed by atoms with E-state index in [4.69, 9.17) is 5.73 Å². The van der Waals surface area contributed by atoms with Crippen LogP contribution >= 0.6 is 27.3 Å². The molecule has 1 fully saturated rings. The molecule has 2 rings (SSSR count). The summed E-state index contributed by atoms with van der Waals surface area (Å²) in [7, 11) is -3.44. The standard InChI is InChI=1S/C11H18BrN3O2S2/c12-9-5-11(18-8-9)7-14-19(16,17)15-4-2-1-3-10(15)6-13/h5,8,10,14H,1-4,6-7,13H2. The van der Waals surface area contributed by atoms with E-state index in [1.165, 1.54) is 15.6 Å². The summed E-state index contributed by atoms with van der Waals surface area (Å²) < 4.78 is 29.7. The van der Waals surface area contributed by atoms with Gasteiger partial charge in [0.25, 0.3) is 10.2 Å². The molecule has 1 aliphatic rings. The van der Waals surface area contributed by atoms with Crippen molar-refractivity contribution >= 4 is 37.5 Å². The van der Waals surface area contributed by atoms with Crippen molar-refractivity contribution in [1.82, 2.24) is 9.03 Å². The van der Waals surface area contributed by atoms with E-state index in [0.29, 0.717) is 19.6 Å². The first-order valence-electron chi connectivity index (χ1n) is 6.22. The summed E-state index contributed by atoms with van der Waals surface area (Å²) in [5.41, 5.74) is 5.66. The molecule has 0 aromatic carbocycles. The molecule has 0 saturated carbocycles. The van der Waals surface area contributed by atoms with Crippen LogP contribution in [0.15, 0.2) is 15.9 Å². The summed E-state index contributed by atoms with van der Waals surface area (Å²) in [6.45, 7) is 1.27. The second-order valence-corrected chi connectivity index (χ2v) is 8.17. The number of piperidine rings is 1. The van der Waals surface area contributed by atoms with Gasteiger partial charge in [-0.25, -0.2) is 0 Å². The predicted molar refractivity (Wildman–Crippen MR) is 81.2 cm³/mol. The number of rotatable bonds is 5. The first-order chi connectivity index (χ1) is 9.03. The molecule has 1 saturated heterocycles. The van der Waals surface area contributed by atoms with Gasteiger partial charge in [-0.15, -0.1) is 11.3 Å². The van der Waals surface area contributed by atoms with Crippen LogP contribution in [0.2, 0.25) is 0 Å². The van der Waals surface area contributed by atoms with Gasteiger partial charge in [0.05, 0.1) is 0 Å². The lowest BCUT2D eigenvalue weighted by Gasteiger charge is -2.33. The van der Waals surface area contributed by atoms with Crippen LogP contribution in [0.3, 0.4) is 0 Å². The molecule has 1 aromatic rings. The number of halogens is 1. The fraction of sp³-hybridized carbons (Fsp3) is 0.636. The maximum absolute atomic E-state index is 12.3. The third-order valence-corrected chi connectivity index (χ3v) is 6.51. The summed E-state index contributed by atoms with van der Waals surface area (Å²) in [6.07, 6.45) is 2.80. The first-order valence-corrected chi connectivity index (χ1v) is 9.33. The Morgan fingerprint density at radius 1 is 1.53 bits per heavy atom. The normalized spacial score (nSPS) is 21.7. The summed E-state index contributed by atoms with van der Waals surface area (Å²) in [4.78, 5) is 0.983. The van der Waals surface area contributed by atoms with Crippen LogP contribution in [-0.4, -0.2) is 31.9 Å². The van der Waals surface area contributed by atoms with Gasteiger partial charge in [0.2, 0.25) is 0 Å². The smallest absolute Gasteiger partial charge is 0.280 e.